The Labute approximate surface area is 217 Å². The Morgan fingerprint density at radius 2 is 1.57 bits per heavy atom. The number of hydrogen-bond acceptors (Lipinski definition) is 7. The number of rotatable bonds is 8. The molecule has 3 atom stereocenters. The van der Waals surface area contributed by atoms with Crippen LogP contribution >= 0.6 is 0 Å². The first kappa shape index (κ1) is 26.2. The van der Waals surface area contributed by atoms with Gasteiger partial charge in [-0.15, -0.1) is 0 Å². The van der Waals surface area contributed by atoms with Crippen molar-refractivity contribution in [3.63, 3.8) is 0 Å². The van der Waals surface area contributed by atoms with Crippen molar-refractivity contribution in [3.8, 4) is 5.75 Å². The lowest BCUT2D eigenvalue weighted by atomic mass is 9.67. The maximum Gasteiger partial charge on any atom is 0.336 e. The van der Waals surface area contributed by atoms with Gasteiger partial charge < -0.3 is 19.5 Å². The molecule has 4 rings (SSSR count). The van der Waals surface area contributed by atoms with E-state index in [2.05, 4.69) is 5.32 Å². The van der Waals surface area contributed by atoms with Crippen LogP contribution in [0, 0.1) is 5.92 Å². The first-order valence-corrected chi connectivity index (χ1v) is 12.8. The second-order valence-corrected chi connectivity index (χ2v) is 9.03. The van der Waals surface area contributed by atoms with Crippen LogP contribution in [0.3, 0.4) is 0 Å². The summed E-state index contributed by atoms with van der Waals surface area (Å²) in [5, 5.41) is 3.32. The normalized spacial score (nSPS) is 21.2. The zero-order valence-corrected chi connectivity index (χ0v) is 21.7. The number of Topliss-reactive ketones (excluding diaryl/α,β-unsaturated/α-hetero) is 1. The third-order valence-corrected chi connectivity index (χ3v) is 6.81. The number of carbonyl (C=O) groups excluding carboxylic acids is 3. The number of benzene rings is 2. The second-order valence-electron chi connectivity index (χ2n) is 9.03. The predicted octanol–water partition coefficient (Wildman–Crippen LogP) is 4.80. The fourth-order valence-electron chi connectivity index (χ4n) is 5.29. The summed E-state index contributed by atoms with van der Waals surface area (Å²) in [4.78, 5) is 40.6. The van der Waals surface area contributed by atoms with Crippen LogP contribution in [0.1, 0.15) is 57.1 Å². The lowest BCUT2D eigenvalue weighted by Gasteiger charge is -2.39. The van der Waals surface area contributed by atoms with Gasteiger partial charge in [-0.05, 0) is 57.4 Å². The van der Waals surface area contributed by atoms with E-state index in [1.807, 2.05) is 68.4 Å². The van der Waals surface area contributed by atoms with Crippen LogP contribution < -0.4 is 10.1 Å². The van der Waals surface area contributed by atoms with Crippen molar-refractivity contribution in [1.82, 2.24) is 5.32 Å². The maximum absolute atomic E-state index is 14.2. The van der Waals surface area contributed by atoms with Crippen molar-refractivity contribution in [1.29, 1.82) is 0 Å². The molecule has 7 heteroatoms. The van der Waals surface area contributed by atoms with Gasteiger partial charge in [-0.1, -0.05) is 42.5 Å². The highest BCUT2D eigenvalue weighted by molar-refractivity contribution is 6.13. The molecule has 194 valence electrons. The Bertz CT molecular complexity index is 1230. The van der Waals surface area contributed by atoms with E-state index in [4.69, 9.17) is 14.2 Å². The summed E-state index contributed by atoms with van der Waals surface area (Å²) in [6, 6.07) is 16.9. The van der Waals surface area contributed by atoms with Gasteiger partial charge in [-0.3, -0.25) is 9.59 Å². The zero-order chi connectivity index (χ0) is 26.5. The van der Waals surface area contributed by atoms with Gasteiger partial charge in [0.05, 0.1) is 25.4 Å². The maximum atomic E-state index is 14.2. The highest BCUT2D eigenvalue weighted by atomic mass is 16.5. The fraction of sp³-hybridized carbons (Fsp3) is 0.367. The molecule has 0 aromatic heterocycles. The molecule has 0 bridgehead atoms. The van der Waals surface area contributed by atoms with E-state index in [1.165, 1.54) is 0 Å². The number of nitrogens with one attached hydrogen (secondary N) is 1. The number of esters is 2. The monoisotopic (exact) mass is 503 g/mol. The number of allylic oxidation sites excluding steroid dienone is 3. The molecule has 1 N–H and O–H groups in total. The summed E-state index contributed by atoms with van der Waals surface area (Å²) in [7, 11) is 0. The molecule has 0 saturated carbocycles. The summed E-state index contributed by atoms with van der Waals surface area (Å²) >= 11 is 0. The van der Waals surface area contributed by atoms with E-state index >= 15 is 0 Å². The van der Waals surface area contributed by atoms with Crippen LogP contribution in [0.25, 0.3) is 0 Å². The lowest BCUT2D eigenvalue weighted by molar-refractivity contribution is -0.152. The topological polar surface area (TPSA) is 90.9 Å². The highest BCUT2D eigenvalue weighted by Gasteiger charge is 2.49. The third-order valence-electron chi connectivity index (χ3n) is 6.81. The molecule has 3 unspecified atom stereocenters. The Morgan fingerprint density at radius 3 is 2.19 bits per heavy atom. The van der Waals surface area contributed by atoms with Gasteiger partial charge in [0.15, 0.2) is 5.78 Å². The first-order valence-electron chi connectivity index (χ1n) is 12.8. The van der Waals surface area contributed by atoms with Crippen molar-refractivity contribution in [2.75, 3.05) is 19.8 Å². The minimum atomic E-state index is -1.02. The summed E-state index contributed by atoms with van der Waals surface area (Å²) in [5.74, 6) is -2.80. The average molecular weight is 504 g/mol. The van der Waals surface area contributed by atoms with Gasteiger partial charge in [0.25, 0.3) is 0 Å². The van der Waals surface area contributed by atoms with Gasteiger partial charge in [0.1, 0.15) is 11.7 Å². The number of dihydropyridines is 1. The van der Waals surface area contributed by atoms with Gasteiger partial charge in [-0.25, -0.2) is 4.79 Å². The molecule has 0 radical (unpaired) electrons. The van der Waals surface area contributed by atoms with E-state index in [9.17, 15) is 14.4 Å². The van der Waals surface area contributed by atoms with Crippen molar-refractivity contribution >= 4 is 17.7 Å². The van der Waals surface area contributed by atoms with Crippen molar-refractivity contribution in [3.05, 3.63) is 88.3 Å². The minimum Gasteiger partial charge on any atom is -0.494 e. The summed E-state index contributed by atoms with van der Waals surface area (Å²) in [5.41, 5.74) is 3.74. The van der Waals surface area contributed by atoms with E-state index in [1.54, 1.807) is 13.8 Å². The molecule has 2 aromatic carbocycles. The Balaban J connectivity index is 1.87. The molecule has 0 spiro atoms. The van der Waals surface area contributed by atoms with E-state index in [0.29, 0.717) is 41.3 Å². The molecule has 2 aromatic rings. The third kappa shape index (κ3) is 5.17. The van der Waals surface area contributed by atoms with E-state index in [0.717, 1.165) is 11.1 Å². The molecular weight excluding hydrogens is 470 g/mol. The largest absolute Gasteiger partial charge is 0.494 e. The molecule has 2 aliphatic rings. The molecule has 0 fully saturated rings. The summed E-state index contributed by atoms with van der Waals surface area (Å²) in [6.45, 7) is 8.09. The first-order chi connectivity index (χ1) is 17.9. The van der Waals surface area contributed by atoms with Crippen molar-refractivity contribution in [2.45, 2.75) is 46.0 Å². The molecule has 1 aliphatic heterocycles. The van der Waals surface area contributed by atoms with Gasteiger partial charge in [0.2, 0.25) is 0 Å². The van der Waals surface area contributed by atoms with E-state index < -0.39 is 29.7 Å². The summed E-state index contributed by atoms with van der Waals surface area (Å²) in [6.07, 6.45) is 0.426. The predicted molar refractivity (Wildman–Crippen MR) is 139 cm³/mol. The lowest BCUT2D eigenvalue weighted by Crippen LogP contribution is -2.43. The van der Waals surface area contributed by atoms with Crippen LogP contribution in [0.5, 0.6) is 5.75 Å². The molecule has 37 heavy (non-hydrogen) atoms. The van der Waals surface area contributed by atoms with Gasteiger partial charge >= 0.3 is 11.9 Å². The van der Waals surface area contributed by atoms with Gasteiger partial charge in [0, 0.05) is 28.8 Å². The molecule has 7 nitrogen and oxygen atoms in total. The number of ether oxygens (including phenoxy) is 3. The van der Waals surface area contributed by atoms with Gasteiger partial charge in [-0.2, -0.15) is 0 Å². The molecule has 0 saturated heterocycles. The number of hydrogen-bond donors (Lipinski definition) is 1. The fourth-order valence-corrected chi connectivity index (χ4v) is 5.29. The quantitative estimate of drug-likeness (QED) is 0.409. The Hall–Kier alpha value is -3.87. The van der Waals surface area contributed by atoms with Crippen LogP contribution in [-0.4, -0.2) is 37.5 Å². The van der Waals surface area contributed by atoms with Crippen LogP contribution in [0.15, 0.2) is 77.1 Å². The van der Waals surface area contributed by atoms with Crippen LogP contribution in [-0.2, 0) is 23.9 Å². The molecule has 0 amide bonds. The van der Waals surface area contributed by atoms with Crippen LogP contribution in [0.4, 0.5) is 0 Å². The van der Waals surface area contributed by atoms with Crippen molar-refractivity contribution in [2.24, 2.45) is 5.92 Å². The Morgan fingerprint density at radius 1 is 0.892 bits per heavy atom. The smallest absolute Gasteiger partial charge is 0.336 e. The number of carbonyl (C=O) groups is 3. The Kier molecular flexibility index (Phi) is 8.11. The molecule has 1 heterocycles. The molecular formula is C30H33NO6. The average Bonchev–Trinajstić information content (AvgIpc) is 2.89. The highest BCUT2D eigenvalue weighted by Crippen LogP contribution is 2.48. The van der Waals surface area contributed by atoms with Crippen molar-refractivity contribution < 1.29 is 28.6 Å². The number of ketones is 1. The summed E-state index contributed by atoms with van der Waals surface area (Å²) < 4.78 is 16.4. The second kappa shape index (κ2) is 11.5. The standard InChI is InChI=1S/C30H33NO6/c1-5-35-21-15-13-20(14-16-21)25-24(29(33)36-6-2)18(4)31-23-17-22(19-11-9-8-10-12-19)26(28(32)27(23)25)30(34)37-7-3/h8-16,22,25-26,31H,5-7,17H2,1-4H3. The molecule has 1 aliphatic carbocycles. The van der Waals surface area contributed by atoms with E-state index in [-0.39, 0.29) is 19.0 Å². The minimum absolute atomic E-state index is 0.170. The van der Waals surface area contributed by atoms with Crippen LogP contribution in [0.2, 0.25) is 0 Å². The SMILES string of the molecule is CCOC(=O)C1=C(C)NC2=C(C(=O)C(C(=O)OCC)C(c3ccccc3)C2)C1c1ccc(OCC)cc1. The zero-order valence-electron chi connectivity index (χ0n) is 21.7.